The zero-order valence-electron chi connectivity index (χ0n) is 11.0. The largest absolute Gasteiger partial charge is 0.399 e. The predicted molar refractivity (Wildman–Crippen MR) is 83.3 cm³/mol. The van der Waals surface area contributed by atoms with Gasteiger partial charge in [0.1, 0.15) is 0 Å². The molecule has 20 heavy (non-hydrogen) atoms. The summed E-state index contributed by atoms with van der Waals surface area (Å²) in [5.41, 5.74) is 14.8. The summed E-state index contributed by atoms with van der Waals surface area (Å²) in [6, 6.07) is 0. The number of allylic oxidation sites excluding steroid dienone is 6. The molecule has 0 atom stereocenters. The Hall–Kier alpha value is -2.40. The molecule has 0 bridgehead atoms. The highest BCUT2D eigenvalue weighted by atomic mass is 35.5. The summed E-state index contributed by atoms with van der Waals surface area (Å²) in [6.07, 6.45) is 8.51. The van der Waals surface area contributed by atoms with Gasteiger partial charge in [-0.05, 0) is 18.2 Å². The number of nitrogens with two attached hydrogens (primary N) is 2. The van der Waals surface area contributed by atoms with Crippen molar-refractivity contribution in [2.75, 3.05) is 12.8 Å². The van der Waals surface area contributed by atoms with E-state index in [-0.39, 0.29) is 5.95 Å². The second-order valence-electron chi connectivity index (χ2n) is 4.04. The highest BCUT2D eigenvalue weighted by molar-refractivity contribution is 6.32. The summed E-state index contributed by atoms with van der Waals surface area (Å²) in [5, 5.41) is 0.388. The molecule has 1 aromatic rings. The van der Waals surface area contributed by atoms with Gasteiger partial charge in [0.05, 0.1) is 22.6 Å². The molecule has 0 saturated heterocycles. The van der Waals surface area contributed by atoms with Gasteiger partial charge in [-0.25, -0.2) is 9.97 Å². The van der Waals surface area contributed by atoms with Crippen LogP contribution in [0.5, 0.6) is 0 Å². The summed E-state index contributed by atoms with van der Waals surface area (Å²) in [7, 11) is 1.70. The van der Waals surface area contributed by atoms with E-state index in [1.54, 1.807) is 25.3 Å². The monoisotopic (exact) mass is 287 g/mol. The van der Waals surface area contributed by atoms with E-state index in [0.29, 0.717) is 22.0 Å². The van der Waals surface area contributed by atoms with Gasteiger partial charge in [0.2, 0.25) is 5.95 Å². The highest BCUT2D eigenvalue weighted by Crippen LogP contribution is 2.28. The van der Waals surface area contributed by atoms with Crippen LogP contribution in [0.25, 0.3) is 5.57 Å². The van der Waals surface area contributed by atoms with Gasteiger partial charge in [-0.1, -0.05) is 24.3 Å². The molecule has 2 rings (SSSR count). The number of aliphatic imine (C=N–C) groups is 1. The van der Waals surface area contributed by atoms with Crippen molar-refractivity contribution in [3.05, 3.63) is 59.1 Å². The van der Waals surface area contributed by atoms with E-state index in [0.717, 1.165) is 11.3 Å². The van der Waals surface area contributed by atoms with Crippen molar-refractivity contribution in [2.45, 2.75) is 0 Å². The van der Waals surface area contributed by atoms with Crippen LogP contribution in [0.3, 0.4) is 0 Å². The smallest absolute Gasteiger partial charge is 0.220 e. The second kappa shape index (κ2) is 5.71. The Bertz CT molecular complexity index is 683. The second-order valence-corrected chi connectivity index (χ2v) is 4.45. The van der Waals surface area contributed by atoms with E-state index in [2.05, 4.69) is 21.5 Å². The Labute approximate surface area is 122 Å². The van der Waals surface area contributed by atoms with E-state index in [1.807, 2.05) is 6.08 Å². The zero-order chi connectivity index (χ0) is 14.7. The maximum absolute atomic E-state index is 6.14. The first-order chi connectivity index (χ1) is 9.56. The number of nitrogen functional groups attached to an aromatic ring is 1. The lowest BCUT2D eigenvalue weighted by atomic mass is 9.95. The first kappa shape index (κ1) is 14.0. The van der Waals surface area contributed by atoms with Crippen LogP contribution in [0.4, 0.5) is 5.95 Å². The minimum Gasteiger partial charge on any atom is -0.399 e. The third-order valence-corrected chi connectivity index (χ3v) is 3.05. The molecule has 0 amide bonds. The minimum absolute atomic E-state index is 0.141. The fourth-order valence-corrected chi connectivity index (χ4v) is 2.06. The number of rotatable bonds is 2. The topological polar surface area (TPSA) is 90.2 Å². The summed E-state index contributed by atoms with van der Waals surface area (Å²) in [4.78, 5) is 12.2. The predicted octanol–water partition coefficient (Wildman–Crippen LogP) is 2.13. The molecule has 1 heterocycles. The molecule has 0 aliphatic heterocycles. The molecule has 0 spiro atoms. The Morgan fingerprint density at radius 3 is 2.80 bits per heavy atom. The van der Waals surface area contributed by atoms with Gasteiger partial charge >= 0.3 is 0 Å². The number of hydrogen-bond acceptors (Lipinski definition) is 5. The molecule has 1 aliphatic rings. The Balaban J connectivity index is 2.72. The molecule has 6 heteroatoms. The lowest BCUT2D eigenvalue weighted by Gasteiger charge is -2.14. The number of anilines is 1. The van der Waals surface area contributed by atoms with Crippen LogP contribution in [-0.4, -0.2) is 22.7 Å². The molecule has 0 saturated carbocycles. The van der Waals surface area contributed by atoms with Crippen molar-refractivity contribution >= 4 is 28.8 Å². The Morgan fingerprint density at radius 1 is 1.40 bits per heavy atom. The molecule has 0 unspecified atom stereocenters. The minimum atomic E-state index is 0.141. The zero-order valence-corrected chi connectivity index (χ0v) is 11.7. The average Bonchev–Trinajstić information content (AvgIpc) is 2.44. The molecule has 1 aromatic heterocycles. The van der Waals surface area contributed by atoms with Crippen LogP contribution in [-0.2, 0) is 0 Å². The van der Waals surface area contributed by atoms with Crippen molar-refractivity contribution in [3.63, 3.8) is 0 Å². The normalized spacial score (nSPS) is 18.9. The van der Waals surface area contributed by atoms with E-state index in [9.17, 15) is 0 Å². The van der Waals surface area contributed by atoms with Crippen LogP contribution in [0.1, 0.15) is 5.69 Å². The fraction of sp³-hybridized carbons (Fsp3) is 0.0714. The Morgan fingerprint density at radius 2 is 2.15 bits per heavy atom. The van der Waals surface area contributed by atoms with E-state index < -0.39 is 0 Å². The molecule has 102 valence electrons. The fourth-order valence-electron chi connectivity index (χ4n) is 1.87. The average molecular weight is 288 g/mol. The first-order valence-electron chi connectivity index (χ1n) is 5.84. The van der Waals surface area contributed by atoms with Gasteiger partial charge in [0.15, 0.2) is 0 Å². The third-order valence-electron chi connectivity index (χ3n) is 2.77. The molecular weight excluding hydrogens is 274 g/mol. The first-order valence-corrected chi connectivity index (χ1v) is 6.22. The molecule has 0 aromatic carbocycles. The third kappa shape index (κ3) is 2.62. The molecule has 5 nitrogen and oxygen atoms in total. The van der Waals surface area contributed by atoms with E-state index in [4.69, 9.17) is 23.1 Å². The van der Waals surface area contributed by atoms with Gasteiger partial charge in [-0.15, -0.1) is 0 Å². The van der Waals surface area contributed by atoms with Gasteiger partial charge in [0, 0.05) is 23.9 Å². The van der Waals surface area contributed by atoms with Crippen molar-refractivity contribution in [1.29, 1.82) is 0 Å². The lowest BCUT2D eigenvalue weighted by Crippen LogP contribution is -2.10. The van der Waals surface area contributed by atoms with Crippen molar-refractivity contribution in [1.82, 2.24) is 9.97 Å². The van der Waals surface area contributed by atoms with Crippen LogP contribution < -0.4 is 11.5 Å². The maximum Gasteiger partial charge on any atom is 0.220 e. The maximum atomic E-state index is 6.14. The highest BCUT2D eigenvalue weighted by Gasteiger charge is 2.16. The molecule has 4 N–H and O–H groups in total. The van der Waals surface area contributed by atoms with E-state index in [1.165, 1.54) is 6.20 Å². The van der Waals surface area contributed by atoms with Crippen LogP contribution in [0, 0.1) is 0 Å². The quantitative estimate of drug-likeness (QED) is 0.872. The van der Waals surface area contributed by atoms with Crippen LogP contribution in [0.15, 0.2) is 53.3 Å². The van der Waals surface area contributed by atoms with Gasteiger partial charge in [-0.3, -0.25) is 4.99 Å². The van der Waals surface area contributed by atoms with Crippen molar-refractivity contribution < 1.29 is 0 Å². The number of halogens is 1. The summed E-state index contributed by atoms with van der Waals surface area (Å²) >= 11 is 6.14. The van der Waals surface area contributed by atoms with E-state index >= 15 is 0 Å². The number of hydrogen-bond donors (Lipinski definition) is 2. The van der Waals surface area contributed by atoms with Gasteiger partial charge < -0.3 is 11.5 Å². The van der Waals surface area contributed by atoms with Crippen molar-refractivity contribution in [2.24, 2.45) is 10.7 Å². The number of nitrogens with zero attached hydrogens (tertiary/aromatic N) is 3. The van der Waals surface area contributed by atoms with Gasteiger partial charge in [-0.2, -0.15) is 0 Å². The van der Waals surface area contributed by atoms with Crippen LogP contribution in [0.2, 0.25) is 5.02 Å². The number of aromatic nitrogens is 2. The van der Waals surface area contributed by atoms with Crippen molar-refractivity contribution in [3.8, 4) is 0 Å². The molecule has 1 aliphatic carbocycles. The Kier molecular flexibility index (Phi) is 4.00. The molecule has 0 radical (unpaired) electrons. The van der Waals surface area contributed by atoms with Gasteiger partial charge in [0.25, 0.3) is 0 Å². The molecule has 0 fully saturated rings. The molecular formula is C14H14ClN5. The summed E-state index contributed by atoms with van der Waals surface area (Å²) < 4.78 is 0. The summed E-state index contributed by atoms with van der Waals surface area (Å²) in [6.45, 7) is 3.81. The lowest BCUT2D eigenvalue weighted by molar-refractivity contribution is 1.16. The SMILES string of the molecule is C=C/C(=C1/C=C(N)C=CC1=NC)c1nc(N)ncc1Cl. The standard InChI is InChI=1S/C14H14ClN5/c1-3-9(13-11(15)7-19-14(17)20-13)10-6-8(16)4-5-12(10)18-2/h3-7H,1,16H2,2H3,(H2,17,19,20)/b10-9+,18-12?. The summed E-state index contributed by atoms with van der Waals surface area (Å²) in [5.74, 6) is 0.141. The van der Waals surface area contributed by atoms with Crippen LogP contribution >= 0.6 is 11.6 Å².